The number of benzene rings is 1. The summed E-state index contributed by atoms with van der Waals surface area (Å²) in [5.74, 6) is -1.63. The number of nitrogens with one attached hydrogen (secondary N) is 1. The first-order chi connectivity index (χ1) is 12.5. The van der Waals surface area contributed by atoms with Crippen LogP contribution in [0.4, 0.5) is 13.2 Å². The molecule has 1 aromatic carbocycles. The summed E-state index contributed by atoms with van der Waals surface area (Å²) in [6.07, 6.45) is -4.49. The Morgan fingerprint density at radius 1 is 1.33 bits per heavy atom. The van der Waals surface area contributed by atoms with Crippen LogP contribution < -0.4 is 5.32 Å². The Hall–Kier alpha value is -2.58. The predicted molar refractivity (Wildman–Crippen MR) is 91.3 cm³/mol. The van der Waals surface area contributed by atoms with E-state index in [0.717, 1.165) is 12.1 Å². The summed E-state index contributed by atoms with van der Waals surface area (Å²) in [4.78, 5) is 39.0. The second-order valence-corrected chi connectivity index (χ2v) is 6.84. The maximum atomic E-state index is 12.8. The molecule has 6 nitrogen and oxygen atoms in total. The first kappa shape index (κ1) is 20.7. The number of likely N-dealkylation sites (tertiary alicyclic amines) is 1. The number of hydrogen-bond donors (Lipinski definition) is 1. The van der Waals surface area contributed by atoms with Gasteiger partial charge in [0.05, 0.1) is 11.5 Å². The Labute approximate surface area is 155 Å². The summed E-state index contributed by atoms with van der Waals surface area (Å²) in [5.41, 5.74) is -0.438. The topological polar surface area (TPSA) is 69.7 Å². The Kier molecular flexibility index (Phi) is 6.12. The van der Waals surface area contributed by atoms with Crippen LogP contribution in [0.25, 0.3) is 0 Å². The van der Waals surface area contributed by atoms with Gasteiger partial charge in [0.2, 0.25) is 17.7 Å². The Morgan fingerprint density at radius 3 is 2.59 bits per heavy atom. The van der Waals surface area contributed by atoms with E-state index >= 15 is 0 Å². The number of halogens is 3. The zero-order valence-corrected chi connectivity index (χ0v) is 15.3. The van der Waals surface area contributed by atoms with E-state index in [-0.39, 0.29) is 31.3 Å². The lowest BCUT2D eigenvalue weighted by Crippen LogP contribution is -2.46. The molecule has 1 aliphatic rings. The predicted octanol–water partition coefficient (Wildman–Crippen LogP) is 1.65. The minimum Gasteiger partial charge on any atom is -0.347 e. The molecule has 0 unspecified atom stereocenters. The van der Waals surface area contributed by atoms with Crippen LogP contribution in [0.2, 0.25) is 0 Å². The monoisotopic (exact) mass is 385 g/mol. The summed E-state index contributed by atoms with van der Waals surface area (Å²) in [5, 5.41) is 2.58. The summed E-state index contributed by atoms with van der Waals surface area (Å²) >= 11 is 0. The van der Waals surface area contributed by atoms with E-state index in [1.807, 2.05) is 0 Å². The average molecular weight is 385 g/mol. The molecule has 0 aliphatic carbocycles. The number of amides is 3. The summed E-state index contributed by atoms with van der Waals surface area (Å²) in [7, 11) is 3.14. The average Bonchev–Trinajstić information content (AvgIpc) is 2.94. The van der Waals surface area contributed by atoms with E-state index in [1.54, 1.807) is 21.0 Å². The molecule has 27 heavy (non-hydrogen) atoms. The van der Waals surface area contributed by atoms with Gasteiger partial charge in [0.15, 0.2) is 0 Å². The Morgan fingerprint density at radius 2 is 2.00 bits per heavy atom. The largest absolute Gasteiger partial charge is 0.416 e. The lowest BCUT2D eigenvalue weighted by molar-refractivity contribution is -0.137. The molecule has 1 fully saturated rings. The Bertz CT molecular complexity index is 734. The van der Waals surface area contributed by atoms with E-state index < -0.39 is 29.6 Å². The van der Waals surface area contributed by atoms with Gasteiger partial charge in [-0.15, -0.1) is 0 Å². The molecular formula is C18H22F3N3O3. The fourth-order valence-electron chi connectivity index (χ4n) is 2.95. The lowest BCUT2D eigenvalue weighted by atomic mass is 10.1. The highest BCUT2D eigenvalue weighted by molar-refractivity contribution is 5.92. The van der Waals surface area contributed by atoms with Crippen LogP contribution in [-0.4, -0.2) is 54.2 Å². The van der Waals surface area contributed by atoms with Crippen molar-refractivity contribution in [3.8, 4) is 0 Å². The standard InChI is InChI=1S/C18H22F3N3O3/c1-11(17(27)23(2)3)22-16(26)13-8-15(25)24(10-13)9-12-5-4-6-14(7-12)18(19,20)21/h4-7,11,13H,8-10H2,1-3H3,(H,22,26)/t11-,13-/m0/s1. The molecule has 1 saturated heterocycles. The minimum atomic E-state index is -4.46. The number of alkyl halides is 3. The molecule has 1 aliphatic heterocycles. The van der Waals surface area contributed by atoms with Gasteiger partial charge in [-0.25, -0.2) is 0 Å². The molecule has 0 saturated carbocycles. The van der Waals surface area contributed by atoms with Gasteiger partial charge in [0, 0.05) is 33.6 Å². The van der Waals surface area contributed by atoms with Gasteiger partial charge in [-0.2, -0.15) is 13.2 Å². The van der Waals surface area contributed by atoms with Crippen LogP contribution in [-0.2, 0) is 27.1 Å². The van der Waals surface area contributed by atoms with Gasteiger partial charge in [-0.3, -0.25) is 14.4 Å². The van der Waals surface area contributed by atoms with Crippen LogP contribution in [0.3, 0.4) is 0 Å². The molecule has 9 heteroatoms. The van der Waals surface area contributed by atoms with Crippen LogP contribution in [0.5, 0.6) is 0 Å². The molecule has 0 bridgehead atoms. The molecule has 148 valence electrons. The third-order valence-corrected chi connectivity index (χ3v) is 4.38. The van der Waals surface area contributed by atoms with Gasteiger partial charge in [-0.05, 0) is 24.6 Å². The fraction of sp³-hybridized carbons (Fsp3) is 0.500. The highest BCUT2D eigenvalue weighted by Gasteiger charge is 2.36. The van der Waals surface area contributed by atoms with E-state index in [9.17, 15) is 27.6 Å². The van der Waals surface area contributed by atoms with Gasteiger partial charge in [0.1, 0.15) is 6.04 Å². The first-order valence-electron chi connectivity index (χ1n) is 8.44. The minimum absolute atomic E-state index is 0.00127. The molecule has 2 rings (SSSR count). The smallest absolute Gasteiger partial charge is 0.347 e. The van der Waals surface area contributed by atoms with Crippen molar-refractivity contribution in [2.75, 3.05) is 20.6 Å². The van der Waals surface area contributed by atoms with E-state index in [1.165, 1.54) is 21.9 Å². The fourth-order valence-corrected chi connectivity index (χ4v) is 2.95. The molecular weight excluding hydrogens is 363 g/mol. The molecule has 0 aromatic heterocycles. The normalized spacial score (nSPS) is 18.4. The highest BCUT2D eigenvalue weighted by Crippen LogP contribution is 2.30. The van der Waals surface area contributed by atoms with Crippen molar-refractivity contribution >= 4 is 17.7 Å². The maximum Gasteiger partial charge on any atom is 0.416 e. The van der Waals surface area contributed by atoms with E-state index in [4.69, 9.17) is 0 Å². The summed E-state index contributed by atoms with van der Waals surface area (Å²) in [6.45, 7) is 1.65. The third kappa shape index (κ3) is 5.21. The summed E-state index contributed by atoms with van der Waals surface area (Å²) < 4.78 is 38.4. The molecule has 3 amide bonds. The maximum absolute atomic E-state index is 12.8. The first-order valence-corrected chi connectivity index (χ1v) is 8.44. The quantitative estimate of drug-likeness (QED) is 0.838. The number of hydrogen-bond acceptors (Lipinski definition) is 3. The number of likely N-dealkylation sites (N-methyl/N-ethyl adjacent to an activating group) is 1. The van der Waals surface area contributed by atoms with Gasteiger partial charge >= 0.3 is 6.18 Å². The van der Waals surface area contributed by atoms with Crippen LogP contribution in [0.15, 0.2) is 24.3 Å². The van der Waals surface area contributed by atoms with Crippen LogP contribution >= 0.6 is 0 Å². The molecule has 1 heterocycles. The SMILES string of the molecule is C[C@H](NC(=O)[C@H]1CC(=O)N(Cc2cccc(C(F)(F)F)c2)C1)C(=O)N(C)C. The van der Waals surface area contributed by atoms with Crippen molar-refractivity contribution in [3.63, 3.8) is 0 Å². The third-order valence-electron chi connectivity index (χ3n) is 4.38. The zero-order valence-electron chi connectivity index (χ0n) is 15.3. The molecule has 1 aromatic rings. The number of rotatable bonds is 5. The van der Waals surface area contributed by atoms with Crippen LogP contribution in [0.1, 0.15) is 24.5 Å². The Balaban J connectivity index is 1.99. The van der Waals surface area contributed by atoms with Crippen molar-refractivity contribution < 1.29 is 27.6 Å². The lowest BCUT2D eigenvalue weighted by Gasteiger charge is -2.20. The molecule has 2 atom stereocenters. The second-order valence-electron chi connectivity index (χ2n) is 6.84. The van der Waals surface area contributed by atoms with E-state index in [2.05, 4.69) is 5.32 Å². The highest BCUT2D eigenvalue weighted by atomic mass is 19.4. The van der Waals surface area contributed by atoms with E-state index in [0.29, 0.717) is 5.56 Å². The molecule has 0 spiro atoms. The second kappa shape index (κ2) is 7.98. The molecule has 1 N–H and O–H groups in total. The molecule has 0 radical (unpaired) electrons. The van der Waals surface area contributed by atoms with Crippen molar-refractivity contribution in [1.82, 2.24) is 15.1 Å². The van der Waals surface area contributed by atoms with Gasteiger partial charge < -0.3 is 15.1 Å². The van der Waals surface area contributed by atoms with Gasteiger partial charge in [0.25, 0.3) is 0 Å². The van der Waals surface area contributed by atoms with Crippen molar-refractivity contribution in [3.05, 3.63) is 35.4 Å². The summed E-state index contributed by atoms with van der Waals surface area (Å²) in [6, 6.07) is 4.04. The van der Waals surface area contributed by atoms with Crippen LogP contribution in [0, 0.1) is 5.92 Å². The number of carbonyl (C=O) groups is 3. The van der Waals surface area contributed by atoms with Gasteiger partial charge in [-0.1, -0.05) is 12.1 Å². The van der Waals surface area contributed by atoms with Crippen molar-refractivity contribution in [1.29, 1.82) is 0 Å². The number of carbonyl (C=O) groups excluding carboxylic acids is 3. The van der Waals surface area contributed by atoms with Crippen molar-refractivity contribution in [2.24, 2.45) is 5.92 Å². The number of nitrogens with zero attached hydrogens (tertiary/aromatic N) is 2. The zero-order chi connectivity index (χ0) is 20.4. The van der Waals surface area contributed by atoms with Crippen molar-refractivity contribution in [2.45, 2.75) is 32.1 Å².